The molecule has 0 aromatic heterocycles. The van der Waals surface area contributed by atoms with Gasteiger partial charge in [0.05, 0.1) is 0 Å². The van der Waals surface area contributed by atoms with Gasteiger partial charge in [-0.05, 0) is 38.8 Å². The maximum atomic E-state index is 2.72. The molecule has 1 fully saturated rings. The Kier molecular flexibility index (Phi) is 5.45. The van der Waals surface area contributed by atoms with Crippen molar-refractivity contribution < 1.29 is 0 Å². The molecule has 0 bridgehead atoms. The molecule has 0 N–H and O–H groups in total. The van der Waals surface area contributed by atoms with E-state index in [0.29, 0.717) is 0 Å². The van der Waals surface area contributed by atoms with Gasteiger partial charge in [-0.2, -0.15) is 0 Å². The lowest BCUT2D eigenvalue weighted by Crippen LogP contribution is -2.36. The van der Waals surface area contributed by atoms with Gasteiger partial charge in [0.15, 0.2) is 0 Å². The molecule has 1 aliphatic rings. The van der Waals surface area contributed by atoms with Crippen LogP contribution in [-0.2, 0) is 0 Å². The quantitative estimate of drug-likeness (QED) is 0.648. The van der Waals surface area contributed by atoms with E-state index >= 15 is 0 Å². The first-order valence-corrected chi connectivity index (χ1v) is 6.12. The summed E-state index contributed by atoms with van der Waals surface area (Å²) in [5, 5.41) is 0. The van der Waals surface area contributed by atoms with Crippen molar-refractivity contribution in [1.82, 2.24) is 4.90 Å². The summed E-state index contributed by atoms with van der Waals surface area (Å²) < 4.78 is 0. The van der Waals surface area contributed by atoms with Gasteiger partial charge in [0.1, 0.15) is 0 Å². The Balaban J connectivity index is 2.35. The first-order chi connectivity index (χ1) is 6.38. The van der Waals surface area contributed by atoms with Crippen LogP contribution in [0.25, 0.3) is 0 Å². The lowest BCUT2D eigenvalue weighted by atomic mass is 10.0. The summed E-state index contributed by atoms with van der Waals surface area (Å²) in [6.07, 6.45) is 9.89. The second-order valence-electron chi connectivity index (χ2n) is 4.27. The van der Waals surface area contributed by atoms with E-state index in [4.69, 9.17) is 0 Å². The molecule has 0 aliphatic carbocycles. The molecule has 0 aromatic rings. The summed E-state index contributed by atoms with van der Waals surface area (Å²) in [6.45, 7) is 7.36. The molecule has 0 atom stereocenters. The molecule has 0 unspecified atom stereocenters. The molecule has 0 aromatic carbocycles. The van der Waals surface area contributed by atoms with Crippen LogP contribution in [0.2, 0.25) is 0 Å². The Bertz CT molecular complexity index is 110. The van der Waals surface area contributed by atoms with Crippen molar-refractivity contribution in [1.29, 1.82) is 0 Å². The normalized spacial score (nSPS) is 21.5. The molecule has 13 heavy (non-hydrogen) atoms. The van der Waals surface area contributed by atoms with Gasteiger partial charge >= 0.3 is 0 Å². The topological polar surface area (TPSA) is 3.24 Å². The lowest BCUT2D eigenvalue weighted by Gasteiger charge is -2.31. The van der Waals surface area contributed by atoms with Crippen molar-refractivity contribution in [2.45, 2.75) is 64.8 Å². The van der Waals surface area contributed by atoms with Crippen LogP contribution in [0.4, 0.5) is 0 Å². The summed E-state index contributed by atoms with van der Waals surface area (Å²) in [6, 6.07) is 0.859. The van der Waals surface area contributed by atoms with Crippen molar-refractivity contribution in [2.75, 3.05) is 13.1 Å². The van der Waals surface area contributed by atoms with Gasteiger partial charge in [-0.25, -0.2) is 0 Å². The zero-order valence-corrected chi connectivity index (χ0v) is 9.39. The summed E-state index contributed by atoms with van der Waals surface area (Å²) in [4.78, 5) is 2.72. The summed E-state index contributed by atoms with van der Waals surface area (Å²) >= 11 is 0. The van der Waals surface area contributed by atoms with Crippen molar-refractivity contribution >= 4 is 0 Å². The Morgan fingerprint density at radius 3 is 1.77 bits per heavy atom. The van der Waals surface area contributed by atoms with E-state index in [9.17, 15) is 0 Å². The molecule has 0 amide bonds. The number of rotatable bonds is 3. The Morgan fingerprint density at radius 2 is 1.31 bits per heavy atom. The Labute approximate surface area is 83.5 Å². The fraction of sp³-hybridized carbons (Fsp3) is 1.00. The predicted octanol–water partition coefficient (Wildman–Crippen LogP) is 3.44. The molecule has 1 rings (SSSR count). The zero-order chi connectivity index (χ0) is 9.52. The zero-order valence-electron chi connectivity index (χ0n) is 9.39. The highest BCUT2D eigenvalue weighted by Gasteiger charge is 2.15. The Hall–Kier alpha value is -0.0400. The van der Waals surface area contributed by atoms with Crippen LogP contribution in [0.15, 0.2) is 0 Å². The largest absolute Gasteiger partial charge is 0.300 e. The van der Waals surface area contributed by atoms with Gasteiger partial charge in [-0.15, -0.1) is 0 Å². The maximum Gasteiger partial charge on any atom is 0.00900 e. The van der Waals surface area contributed by atoms with Crippen LogP contribution in [0.5, 0.6) is 0 Å². The van der Waals surface area contributed by atoms with Crippen molar-refractivity contribution in [2.24, 2.45) is 0 Å². The minimum Gasteiger partial charge on any atom is -0.300 e. The first-order valence-electron chi connectivity index (χ1n) is 6.12. The smallest absolute Gasteiger partial charge is 0.00900 e. The minimum atomic E-state index is 0.859. The van der Waals surface area contributed by atoms with E-state index in [2.05, 4.69) is 18.7 Å². The molecule has 1 nitrogen and oxygen atoms in total. The van der Waals surface area contributed by atoms with Crippen LogP contribution >= 0.6 is 0 Å². The molecular formula is C12H25N. The molecule has 0 spiro atoms. The fourth-order valence-electron chi connectivity index (χ4n) is 2.44. The third-order valence-electron chi connectivity index (χ3n) is 3.35. The summed E-state index contributed by atoms with van der Waals surface area (Å²) in [5.41, 5.74) is 0. The molecule has 1 saturated heterocycles. The molecule has 1 heterocycles. The van der Waals surface area contributed by atoms with Gasteiger partial charge in [0.2, 0.25) is 0 Å². The number of hydrogen-bond donors (Lipinski definition) is 0. The number of nitrogens with zero attached hydrogens (tertiary/aromatic N) is 1. The average Bonchev–Trinajstić information content (AvgIpc) is 2.09. The molecule has 1 aliphatic heterocycles. The third kappa shape index (κ3) is 3.68. The lowest BCUT2D eigenvalue weighted by molar-refractivity contribution is 0.170. The van der Waals surface area contributed by atoms with Gasteiger partial charge < -0.3 is 4.90 Å². The predicted molar refractivity (Wildman–Crippen MR) is 59.0 cm³/mol. The van der Waals surface area contributed by atoms with E-state index in [0.717, 1.165) is 6.04 Å². The SMILES string of the molecule is CCC(CC)N1CCCCCCC1. The summed E-state index contributed by atoms with van der Waals surface area (Å²) in [7, 11) is 0. The number of likely N-dealkylation sites (tertiary alicyclic amines) is 1. The average molecular weight is 183 g/mol. The van der Waals surface area contributed by atoms with E-state index in [1.807, 2.05) is 0 Å². The monoisotopic (exact) mass is 183 g/mol. The van der Waals surface area contributed by atoms with Crippen LogP contribution in [0, 0.1) is 0 Å². The highest BCUT2D eigenvalue weighted by Crippen LogP contribution is 2.15. The van der Waals surface area contributed by atoms with E-state index in [1.54, 1.807) is 0 Å². The molecule has 78 valence electrons. The highest BCUT2D eigenvalue weighted by molar-refractivity contribution is 4.70. The van der Waals surface area contributed by atoms with Crippen LogP contribution in [0.1, 0.15) is 58.8 Å². The van der Waals surface area contributed by atoms with Gasteiger partial charge in [0.25, 0.3) is 0 Å². The molecule has 0 saturated carbocycles. The van der Waals surface area contributed by atoms with E-state index in [1.165, 1.54) is 58.0 Å². The van der Waals surface area contributed by atoms with E-state index in [-0.39, 0.29) is 0 Å². The minimum absolute atomic E-state index is 0.859. The molecule has 0 radical (unpaired) electrons. The fourth-order valence-corrected chi connectivity index (χ4v) is 2.44. The summed E-state index contributed by atoms with van der Waals surface area (Å²) in [5.74, 6) is 0. The third-order valence-corrected chi connectivity index (χ3v) is 3.35. The number of hydrogen-bond acceptors (Lipinski definition) is 1. The first kappa shape index (κ1) is 11.0. The van der Waals surface area contributed by atoms with E-state index < -0.39 is 0 Å². The van der Waals surface area contributed by atoms with Gasteiger partial charge in [0, 0.05) is 6.04 Å². The standard InChI is InChI=1S/C12H25N/c1-3-12(4-2)13-10-8-6-5-7-9-11-13/h12H,3-11H2,1-2H3. The van der Waals surface area contributed by atoms with Crippen LogP contribution < -0.4 is 0 Å². The molecular weight excluding hydrogens is 158 g/mol. The van der Waals surface area contributed by atoms with Crippen molar-refractivity contribution in [3.63, 3.8) is 0 Å². The second kappa shape index (κ2) is 6.42. The van der Waals surface area contributed by atoms with Crippen LogP contribution in [0.3, 0.4) is 0 Å². The van der Waals surface area contributed by atoms with Gasteiger partial charge in [-0.3, -0.25) is 0 Å². The van der Waals surface area contributed by atoms with Gasteiger partial charge in [-0.1, -0.05) is 33.1 Å². The van der Waals surface area contributed by atoms with Crippen LogP contribution in [-0.4, -0.2) is 24.0 Å². The molecule has 1 heteroatoms. The second-order valence-corrected chi connectivity index (χ2v) is 4.27. The highest BCUT2D eigenvalue weighted by atomic mass is 15.1. The van der Waals surface area contributed by atoms with Crippen molar-refractivity contribution in [3.05, 3.63) is 0 Å². The maximum absolute atomic E-state index is 2.72. The Morgan fingerprint density at radius 1 is 0.846 bits per heavy atom. The van der Waals surface area contributed by atoms with Crippen molar-refractivity contribution in [3.8, 4) is 0 Å².